The summed E-state index contributed by atoms with van der Waals surface area (Å²) in [4.78, 5) is 10.4. The van der Waals surface area contributed by atoms with Crippen LogP contribution in [0.25, 0.3) is 0 Å². The Kier molecular flexibility index (Phi) is 3.43. The topological polar surface area (TPSA) is 55.0 Å². The Labute approximate surface area is 107 Å². The third kappa shape index (κ3) is 2.80. The first kappa shape index (κ1) is 12.4. The maximum atomic E-state index is 5.89. The second kappa shape index (κ2) is 4.69. The van der Waals surface area contributed by atoms with E-state index in [9.17, 15) is 0 Å². The second-order valence-corrected chi connectivity index (χ2v) is 5.45. The number of anilines is 2. The lowest BCUT2D eigenvalue weighted by Crippen LogP contribution is -2.38. The molecule has 94 valence electrons. The average molecular weight is 255 g/mol. The number of nitrogens with zero attached hydrogens (tertiary/aromatic N) is 3. The molecule has 0 atom stereocenters. The van der Waals surface area contributed by atoms with Crippen LogP contribution in [-0.4, -0.2) is 23.1 Å². The minimum atomic E-state index is 0.247. The molecule has 4 nitrogen and oxygen atoms in total. The van der Waals surface area contributed by atoms with Crippen molar-refractivity contribution in [2.24, 2.45) is 5.41 Å². The molecular formula is C12H19ClN4. The van der Waals surface area contributed by atoms with Gasteiger partial charge in [-0.2, -0.15) is 4.98 Å². The van der Waals surface area contributed by atoms with E-state index < -0.39 is 0 Å². The highest BCUT2D eigenvalue weighted by Crippen LogP contribution is 2.35. The van der Waals surface area contributed by atoms with Gasteiger partial charge < -0.3 is 10.6 Å². The van der Waals surface area contributed by atoms with Gasteiger partial charge in [0.05, 0.1) is 0 Å². The van der Waals surface area contributed by atoms with E-state index in [0.29, 0.717) is 10.6 Å². The van der Waals surface area contributed by atoms with E-state index in [2.05, 4.69) is 28.7 Å². The molecule has 2 rings (SSSR count). The van der Waals surface area contributed by atoms with Crippen LogP contribution >= 0.6 is 11.6 Å². The van der Waals surface area contributed by atoms with Crippen molar-refractivity contribution in [3.05, 3.63) is 11.2 Å². The molecule has 5 heteroatoms. The van der Waals surface area contributed by atoms with Crippen molar-refractivity contribution in [2.75, 3.05) is 23.7 Å². The van der Waals surface area contributed by atoms with Crippen LogP contribution in [0, 0.1) is 5.41 Å². The van der Waals surface area contributed by atoms with Gasteiger partial charge in [-0.1, -0.05) is 31.9 Å². The maximum absolute atomic E-state index is 5.89. The molecule has 1 aliphatic rings. The zero-order valence-corrected chi connectivity index (χ0v) is 11.2. The number of rotatable bonds is 2. The average Bonchev–Trinajstić information content (AvgIpc) is 2.29. The number of nitrogen functional groups attached to an aromatic ring is 1. The first-order chi connectivity index (χ1) is 8.02. The van der Waals surface area contributed by atoms with Crippen molar-refractivity contribution in [1.29, 1.82) is 0 Å². The molecule has 0 saturated carbocycles. The van der Waals surface area contributed by atoms with Crippen molar-refractivity contribution in [2.45, 2.75) is 33.1 Å². The number of hydrogen-bond acceptors (Lipinski definition) is 4. The van der Waals surface area contributed by atoms with E-state index >= 15 is 0 Å². The fourth-order valence-corrected chi connectivity index (χ4v) is 2.40. The predicted molar refractivity (Wildman–Crippen MR) is 71.3 cm³/mol. The number of aromatic nitrogens is 2. The van der Waals surface area contributed by atoms with Gasteiger partial charge >= 0.3 is 0 Å². The molecule has 1 aromatic heterocycles. The van der Waals surface area contributed by atoms with Crippen LogP contribution in [0.5, 0.6) is 0 Å². The summed E-state index contributed by atoms with van der Waals surface area (Å²) in [6.07, 6.45) is 3.60. The van der Waals surface area contributed by atoms with Crippen molar-refractivity contribution in [3.8, 4) is 0 Å². The molecule has 0 aromatic carbocycles. The van der Waals surface area contributed by atoms with Gasteiger partial charge in [0.15, 0.2) is 0 Å². The summed E-state index contributed by atoms with van der Waals surface area (Å²) in [7, 11) is 0. The van der Waals surface area contributed by atoms with Crippen LogP contribution in [0.2, 0.25) is 5.15 Å². The number of halogens is 1. The van der Waals surface area contributed by atoms with Gasteiger partial charge in [-0.25, -0.2) is 4.98 Å². The molecule has 0 bridgehead atoms. The SMILES string of the molecule is CCC1(C)CCN(c2cc(Cl)nc(N)n2)CC1. The van der Waals surface area contributed by atoms with E-state index in [1.807, 2.05) is 0 Å². The van der Waals surface area contributed by atoms with Crippen molar-refractivity contribution < 1.29 is 0 Å². The van der Waals surface area contributed by atoms with Gasteiger partial charge in [-0.05, 0) is 18.3 Å². The fraction of sp³-hybridized carbons (Fsp3) is 0.667. The molecule has 1 aliphatic heterocycles. The van der Waals surface area contributed by atoms with Crippen LogP contribution in [0.15, 0.2) is 6.07 Å². The largest absolute Gasteiger partial charge is 0.368 e. The minimum absolute atomic E-state index is 0.247. The van der Waals surface area contributed by atoms with Gasteiger partial charge in [0, 0.05) is 19.2 Å². The monoisotopic (exact) mass is 254 g/mol. The Balaban J connectivity index is 2.10. The molecule has 0 aliphatic carbocycles. The summed E-state index contributed by atoms with van der Waals surface area (Å²) < 4.78 is 0. The first-order valence-electron chi connectivity index (χ1n) is 6.07. The molecule has 0 radical (unpaired) electrons. The third-order valence-corrected chi connectivity index (χ3v) is 4.04. The zero-order chi connectivity index (χ0) is 12.5. The van der Waals surface area contributed by atoms with Gasteiger partial charge in [0.1, 0.15) is 11.0 Å². The smallest absolute Gasteiger partial charge is 0.223 e. The molecular weight excluding hydrogens is 236 g/mol. The van der Waals surface area contributed by atoms with Crippen LogP contribution in [0.1, 0.15) is 33.1 Å². The highest BCUT2D eigenvalue weighted by atomic mass is 35.5. The zero-order valence-electron chi connectivity index (χ0n) is 10.4. The summed E-state index contributed by atoms with van der Waals surface area (Å²) in [6, 6.07) is 1.78. The summed E-state index contributed by atoms with van der Waals surface area (Å²) in [5, 5.41) is 0.413. The van der Waals surface area contributed by atoms with Crippen molar-refractivity contribution in [3.63, 3.8) is 0 Å². The van der Waals surface area contributed by atoms with E-state index in [0.717, 1.165) is 18.9 Å². The summed E-state index contributed by atoms with van der Waals surface area (Å²) in [5.74, 6) is 1.09. The number of piperidine rings is 1. The Morgan fingerprint density at radius 3 is 2.59 bits per heavy atom. The molecule has 1 aromatic rings. The molecule has 0 unspecified atom stereocenters. The van der Waals surface area contributed by atoms with Crippen LogP contribution in [0.4, 0.5) is 11.8 Å². The number of hydrogen-bond donors (Lipinski definition) is 1. The predicted octanol–water partition coefficient (Wildman–Crippen LogP) is 2.73. The summed E-state index contributed by atoms with van der Waals surface area (Å²) >= 11 is 5.89. The van der Waals surface area contributed by atoms with Gasteiger partial charge in [0.2, 0.25) is 5.95 Å². The summed E-state index contributed by atoms with van der Waals surface area (Å²) in [5.41, 5.74) is 6.08. The van der Waals surface area contributed by atoms with E-state index in [1.165, 1.54) is 19.3 Å². The lowest BCUT2D eigenvalue weighted by Gasteiger charge is -2.39. The normalized spacial score (nSPS) is 19.4. The Morgan fingerprint density at radius 2 is 2.06 bits per heavy atom. The Bertz CT molecular complexity index is 379. The maximum Gasteiger partial charge on any atom is 0.223 e. The van der Waals surface area contributed by atoms with Gasteiger partial charge in [0.25, 0.3) is 0 Å². The standard InChI is InChI=1S/C12H19ClN4/c1-3-12(2)4-6-17(7-5-12)10-8-9(13)15-11(14)16-10/h8H,3-7H2,1-2H3,(H2,14,15,16). The number of nitrogens with two attached hydrogens (primary N) is 1. The lowest BCUT2D eigenvalue weighted by molar-refractivity contribution is 0.238. The Morgan fingerprint density at radius 1 is 1.41 bits per heavy atom. The molecule has 17 heavy (non-hydrogen) atoms. The lowest BCUT2D eigenvalue weighted by atomic mass is 9.78. The molecule has 0 amide bonds. The minimum Gasteiger partial charge on any atom is -0.368 e. The molecule has 0 spiro atoms. The highest BCUT2D eigenvalue weighted by molar-refractivity contribution is 6.29. The first-order valence-corrected chi connectivity index (χ1v) is 6.45. The molecule has 1 fully saturated rings. The molecule has 2 N–H and O–H groups in total. The van der Waals surface area contributed by atoms with Crippen molar-refractivity contribution >= 4 is 23.4 Å². The molecule has 1 saturated heterocycles. The van der Waals surface area contributed by atoms with Crippen molar-refractivity contribution in [1.82, 2.24) is 9.97 Å². The van der Waals surface area contributed by atoms with Gasteiger partial charge in [-0.3, -0.25) is 0 Å². The highest BCUT2D eigenvalue weighted by Gasteiger charge is 2.28. The van der Waals surface area contributed by atoms with E-state index in [4.69, 9.17) is 17.3 Å². The summed E-state index contributed by atoms with van der Waals surface area (Å²) in [6.45, 7) is 6.63. The Hall–Kier alpha value is -1.03. The van der Waals surface area contributed by atoms with Crippen LogP contribution < -0.4 is 10.6 Å². The molecule has 2 heterocycles. The van der Waals surface area contributed by atoms with E-state index in [1.54, 1.807) is 6.07 Å². The van der Waals surface area contributed by atoms with Crippen LogP contribution in [-0.2, 0) is 0 Å². The third-order valence-electron chi connectivity index (χ3n) is 3.85. The fourth-order valence-electron chi connectivity index (χ4n) is 2.21. The van der Waals surface area contributed by atoms with Crippen LogP contribution in [0.3, 0.4) is 0 Å². The quantitative estimate of drug-likeness (QED) is 0.825. The second-order valence-electron chi connectivity index (χ2n) is 5.06. The van der Waals surface area contributed by atoms with Gasteiger partial charge in [-0.15, -0.1) is 0 Å². The van der Waals surface area contributed by atoms with E-state index in [-0.39, 0.29) is 5.95 Å².